The van der Waals surface area contributed by atoms with Gasteiger partial charge in [-0.3, -0.25) is 0 Å². The molecular weight excluding hydrogens is 221 g/mol. The number of nitrogens with one attached hydrogen (secondary N) is 1. The predicted molar refractivity (Wildman–Crippen MR) is 66.4 cm³/mol. The molecule has 0 spiro atoms. The molecule has 0 radical (unpaired) electrons. The van der Waals surface area contributed by atoms with Crippen LogP contribution in [0.3, 0.4) is 0 Å². The van der Waals surface area contributed by atoms with Crippen molar-refractivity contribution in [3.8, 4) is 11.5 Å². The van der Waals surface area contributed by atoms with E-state index in [0.717, 1.165) is 12.1 Å². The van der Waals surface area contributed by atoms with Crippen LogP contribution in [0.2, 0.25) is 0 Å². The van der Waals surface area contributed by atoms with E-state index in [-0.39, 0.29) is 6.61 Å². The van der Waals surface area contributed by atoms with Crippen LogP contribution in [0.1, 0.15) is 19.4 Å². The van der Waals surface area contributed by atoms with Crippen LogP contribution in [-0.2, 0) is 6.54 Å². The number of hydrogen-bond donors (Lipinski definition) is 1. The molecule has 1 aromatic carbocycles. The van der Waals surface area contributed by atoms with Crippen LogP contribution in [0, 0.1) is 0 Å². The van der Waals surface area contributed by atoms with Gasteiger partial charge in [-0.25, -0.2) is 4.39 Å². The first-order valence-electron chi connectivity index (χ1n) is 5.76. The SMILES string of the molecule is COc1ccc(CNC(C)C)cc1OCCF. The third-order valence-electron chi connectivity index (χ3n) is 2.28. The van der Waals surface area contributed by atoms with Gasteiger partial charge in [0.1, 0.15) is 13.3 Å². The smallest absolute Gasteiger partial charge is 0.161 e. The lowest BCUT2D eigenvalue weighted by molar-refractivity contribution is 0.260. The number of rotatable bonds is 7. The lowest BCUT2D eigenvalue weighted by atomic mass is 10.2. The van der Waals surface area contributed by atoms with Crippen molar-refractivity contribution in [1.82, 2.24) is 5.32 Å². The van der Waals surface area contributed by atoms with Gasteiger partial charge in [0.2, 0.25) is 0 Å². The average Bonchev–Trinajstić information content (AvgIpc) is 2.33. The molecule has 0 bridgehead atoms. The van der Waals surface area contributed by atoms with E-state index in [9.17, 15) is 4.39 Å². The van der Waals surface area contributed by atoms with E-state index in [2.05, 4.69) is 19.2 Å². The Hall–Kier alpha value is -1.29. The van der Waals surface area contributed by atoms with Crippen LogP contribution < -0.4 is 14.8 Å². The van der Waals surface area contributed by atoms with Gasteiger partial charge in [0.25, 0.3) is 0 Å². The molecule has 0 fully saturated rings. The summed E-state index contributed by atoms with van der Waals surface area (Å²) in [5, 5.41) is 3.31. The number of halogens is 1. The molecular formula is C13H20FNO2. The van der Waals surface area contributed by atoms with Gasteiger partial charge in [0, 0.05) is 12.6 Å². The molecule has 0 amide bonds. The molecule has 1 aromatic rings. The summed E-state index contributed by atoms with van der Waals surface area (Å²) >= 11 is 0. The number of alkyl halides is 1. The lowest BCUT2D eigenvalue weighted by Crippen LogP contribution is -2.21. The first kappa shape index (κ1) is 13.8. The molecule has 0 atom stereocenters. The summed E-state index contributed by atoms with van der Waals surface area (Å²) in [6.07, 6.45) is 0. The molecule has 0 aliphatic heterocycles. The molecule has 0 aliphatic rings. The zero-order valence-electron chi connectivity index (χ0n) is 10.6. The predicted octanol–water partition coefficient (Wildman–Crippen LogP) is 2.54. The highest BCUT2D eigenvalue weighted by molar-refractivity contribution is 5.42. The van der Waals surface area contributed by atoms with E-state index >= 15 is 0 Å². The van der Waals surface area contributed by atoms with Gasteiger partial charge in [-0.1, -0.05) is 19.9 Å². The van der Waals surface area contributed by atoms with Crippen LogP contribution in [-0.4, -0.2) is 26.4 Å². The highest BCUT2D eigenvalue weighted by atomic mass is 19.1. The molecule has 96 valence electrons. The Balaban J connectivity index is 2.73. The Morgan fingerprint density at radius 1 is 1.29 bits per heavy atom. The summed E-state index contributed by atoms with van der Waals surface area (Å²) < 4.78 is 22.5. The maximum Gasteiger partial charge on any atom is 0.161 e. The van der Waals surface area contributed by atoms with E-state index < -0.39 is 6.67 Å². The summed E-state index contributed by atoms with van der Waals surface area (Å²) in [5.74, 6) is 1.22. The maximum atomic E-state index is 12.1. The fourth-order valence-electron chi connectivity index (χ4n) is 1.41. The van der Waals surface area contributed by atoms with Crippen LogP contribution in [0.4, 0.5) is 4.39 Å². The van der Waals surface area contributed by atoms with E-state index in [1.54, 1.807) is 7.11 Å². The molecule has 0 aliphatic carbocycles. The zero-order valence-corrected chi connectivity index (χ0v) is 10.6. The summed E-state index contributed by atoms with van der Waals surface area (Å²) in [5.41, 5.74) is 1.09. The first-order chi connectivity index (χ1) is 8.17. The Morgan fingerprint density at radius 3 is 2.65 bits per heavy atom. The minimum Gasteiger partial charge on any atom is -0.493 e. The topological polar surface area (TPSA) is 30.5 Å². The van der Waals surface area contributed by atoms with Crippen LogP contribution in [0.15, 0.2) is 18.2 Å². The second-order valence-corrected chi connectivity index (χ2v) is 4.06. The van der Waals surface area contributed by atoms with Crippen molar-refractivity contribution in [2.24, 2.45) is 0 Å². The highest BCUT2D eigenvalue weighted by Gasteiger charge is 2.06. The molecule has 3 nitrogen and oxygen atoms in total. The third-order valence-corrected chi connectivity index (χ3v) is 2.28. The summed E-state index contributed by atoms with van der Waals surface area (Å²) in [6, 6.07) is 6.11. The van der Waals surface area contributed by atoms with Crippen molar-refractivity contribution in [2.75, 3.05) is 20.4 Å². The molecule has 0 saturated heterocycles. The fraction of sp³-hybridized carbons (Fsp3) is 0.538. The largest absolute Gasteiger partial charge is 0.493 e. The van der Waals surface area contributed by atoms with Gasteiger partial charge < -0.3 is 14.8 Å². The number of ether oxygens (including phenoxy) is 2. The van der Waals surface area contributed by atoms with E-state index in [4.69, 9.17) is 9.47 Å². The quantitative estimate of drug-likeness (QED) is 0.795. The van der Waals surface area contributed by atoms with Crippen molar-refractivity contribution < 1.29 is 13.9 Å². The molecule has 1 rings (SSSR count). The minimum atomic E-state index is -0.502. The fourth-order valence-corrected chi connectivity index (χ4v) is 1.41. The second-order valence-electron chi connectivity index (χ2n) is 4.06. The monoisotopic (exact) mass is 241 g/mol. The van der Waals surface area contributed by atoms with E-state index in [1.165, 1.54) is 0 Å². The van der Waals surface area contributed by atoms with Crippen molar-refractivity contribution in [3.63, 3.8) is 0 Å². The van der Waals surface area contributed by atoms with Gasteiger partial charge in [0.15, 0.2) is 11.5 Å². The van der Waals surface area contributed by atoms with E-state index in [0.29, 0.717) is 17.5 Å². The second kappa shape index (κ2) is 7.12. The van der Waals surface area contributed by atoms with Gasteiger partial charge >= 0.3 is 0 Å². The number of benzene rings is 1. The normalized spacial score (nSPS) is 10.6. The Kier molecular flexibility index (Phi) is 5.77. The van der Waals surface area contributed by atoms with Gasteiger partial charge in [0.05, 0.1) is 7.11 Å². The first-order valence-corrected chi connectivity index (χ1v) is 5.76. The van der Waals surface area contributed by atoms with Crippen molar-refractivity contribution >= 4 is 0 Å². The standard InChI is InChI=1S/C13H20FNO2/c1-10(2)15-9-11-4-5-12(16-3)13(8-11)17-7-6-14/h4-5,8,10,15H,6-7,9H2,1-3H3. The lowest BCUT2D eigenvalue weighted by Gasteiger charge is -2.13. The van der Waals surface area contributed by atoms with Gasteiger partial charge in [-0.05, 0) is 17.7 Å². The van der Waals surface area contributed by atoms with Crippen LogP contribution in [0.25, 0.3) is 0 Å². The maximum absolute atomic E-state index is 12.1. The summed E-state index contributed by atoms with van der Waals surface area (Å²) in [7, 11) is 1.57. The Labute approximate surface area is 102 Å². The molecule has 17 heavy (non-hydrogen) atoms. The van der Waals surface area contributed by atoms with Crippen LogP contribution >= 0.6 is 0 Å². The molecule has 0 heterocycles. The number of methoxy groups -OCH3 is 1. The molecule has 0 saturated carbocycles. The zero-order chi connectivity index (χ0) is 12.7. The summed E-state index contributed by atoms with van der Waals surface area (Å²) in [4.78, 5) is 0. The Bertz CT molecular complexity index is 342. The molecule has 1 N–H and O–H groups in total. The van der Waals surface area contributed by atoms with Gasteiger partial charge in [-0.2, -0.15) is 0 Å². The van der Waals surface area contributed by atoms with E-state index in [1.807, 2.05) is 18.2 Å². The molecule has 4 heteroatoms. The van der Waals surface area contributed by atoms with Crippen molar-refractivity contribution in [3.05, 3.63) is 23.8 Å². The summed E-state index contributed by atoms with van der Waals surface area (Å²) in [6.45, 7) is 4.48. The Morgan fingerprint density at radius 2 is 2.06 bits per heavy atom. The average molecular weight is 241 g/mol. The van der Waals surface area contributed by atoms with Gasteiger partial charge in [-0.15, -0.1) is 0 Å². The number of hydrogen-bond acceptors (Lipinski definition) is 3. The minimum absolute atomic E-state index is 0.0530. The van der Waals surface area contributed by atoms with Crippen molar-refractivity contribution in [1.29, 1.82) is 0 Å². The molecule has 0 unspecified atom stereocenters. The van der Waals surface area contributed by atoms with Crippen LogP contribution in [0.5, 0.6) is 11.5 Å². The van der Waals surface area contributed by atoms with Crippen molar-refractivity contribution in [2.45, 2.75) is 26.4 Å². The highest BCUT2D eigenvalue weighted by Crippen LogP contribution is 2.28. The molecule has 0 aromatic heterocycles. The third kappa shape index (κ3) is 4.61.